The lowest BCUT2D eigenvalue weighted by Crippen LogP contribution is -2.43. The third-order valence-electron chi connectivity index (χ3n) is 5.90. The monoisotopic (exact) mass is 410 g/mol. The van der Waals surface area contributed by atoms with Gasteiger partial charge in [0.2, 0.25) is 5.91 Å². The molecular weight excluding hydrogens is 384 g/mol. The van der Waals surface area contributed by atoms with E-state index in [2.05, 4.69) is 45.9 Å². The minimum Gasteiger partial charge on any atom is -0.369 e. The van der Waals surface area contributed by atoms with Gasteiger partial charge in [-0.05, 0) is 23.8 Å². The second-order valence-corrected chi connectivity index (χ2v) is 8.01. The average Bonchev–Trinajstić information content (AvgIpc) is 2.96. The predicted molar refractivity (Wildman–Crippen MR) is 126 cm³/mol. The SMILES string of the molecule is O=C1Nc2cc(N3CCNCC3)ccc2C(c2ccccc2)=N[C@@H]1Cc1ccccc1. The van der Waals surface area contributed by atoms with Crippen molar-refractivity contribution >= 4 is 23.0 Å². The Morgan fingerprint density at radius 1 is 0.903 bits per heavy atom. The molecule has 2 heterocycles. The van der Waals surface area contributed by atoms with Crippen LogP contribution in [0.15, 0.2) is 83.9 Å². The quantitative estimate of drug-likeness (QED) is 0.692. The summed E-state index contributed by atoms with van der Waals surface area (Å²) in [5.41, 5.74) is 5.92. The van der Waals surface area contributed by atoms with Gasteiger partial charge in [0, 0.05) is 49.4 Å². The van der Waals surface area contributed by atoms with Crippen LogP contribution in [0.25, 0.3) is 0 Å². The lowest BCUT2D eigenvalue weighted by atomic mass is 9.99. The van der Waals surface area contributed by atoms with Crippen LogP contribution in [0.4, 0.5) is 11.4 Å². The number of fused-ring (bicyclic) bond motifs is 1. The van der Waals surface area contributed by atoms with Crippen molar-refractivity contribution in [2.24, 2.45) is 4.99 Å². The lowest BCUT2D eigenvalue weighted by molar-refractivity contribution is -0.117. The van der Waals surface area contributed by atoms with Crippen molar-refractivity contribution in [1.29, 1.82) is 0 Å². The van der Waals surface area contributed by atoms with Crippen LogP contribution in [-0.4, -0.2) is 43.8 Å². The Kier molecular flexibility index (Phi) is 5.50. The zero-order chi connectivity index (χ0) is 21.0. The van der Waals surface area contributed by atoms with E-state index in [0.717, 1.165) is 60.0 Å². The van der Waals surface area contributed by atoms with Gasteiger partial charge in [0.15, 0.2) is 0 Å². The molecule has 1 fully saturated rings. The first-order valence-electron chi connectivity index (χ1n) is 10.9. The summed E-state index contributed by atoms with van der Waals surface area (Å²) in [6.07, 6.45) is 0.571. The Morgan fingerprint density at radius 2 is 1.61 bits per heavy atom. The van der Waals surface area contributed by atoms with E-state index in [4.69, 9.17) is 4.99 Å². The molecule has 1 amide bonds. The van der Waals surface area contributed by atoms with E-state index in [9.17, 15) is 4.79 Å². The maximum Gasteiger partial charge on any atom is 0.249 e. The van der Waals surface area contributed by atoms with Gasteiger partial charge in [-0.2, -0.15) is 0 Å². The lowest BCUT2D eigenvalue weighted by Gasteiger charge is -2.30. The highest BCUT2D eigenvalue weighted by Crippen LogP contribution is 2.30. The van der Waals surface area contributed by atoms with E-state index in [1.54, 1.807) is 0 Å². The van der Waals surface area contributed by atoms with Crippen molar-refractivity contribution in [3.05, 3.63) is 95.6 Å². The van der Waals surface area contributed by atoms with Gasteiger partial charge in [-0.25, -0.2) is 0 Å². The minimum absolute atomic E-state index is 0.0616. The van der Waals surface area contributed by atoms with Crippen LogP contribution in [0.1, 0.15) is 16.7 Å². The maximum absolute atomic E-state index is 13.2. The van der Waals surface area contributed by atoms with Gasteiger partial charge in [0.05, 0.1) is 11.4 Å². The van der Waals surface area contributed by atoms with Crippen LogP contribution in [0.5, 0.6) is 0 Å². The number of amides is 1. The summed E-state index contributed by atoms with van der Waals surface area (Å²) >= 11 is 0. The average molecular weight is 411 g/mol. The third kappa shape index (κ3) is 4.23. The molecule has 156 valence electrons. The fourth-order valence-electron chi connectivity index (χ4n) is 4.26. The Bertz CT molecular complexity index is 1090. The summed E-state index contributed by atoms with van der Waals surface area (Å²) < 4.78 is 0. The molecule has 0 bridgehead atoms. The van der Waals surface area contributed by atoms with Gasteiger partial charge >= 0.3 is 0 Å². The Balaban J connectivity index is 1.55. The van der Waals surface area contributed by atoms with E-state index in [-0.39, 0.29) is 5.91 Å². The molecule has 3 aromatic rings. The molecule has 31 heavy (non-hydrogen) atoms. The smallest absolute Gasteiger partial charge is 0.249 e. The summed E-state index contributed by atoms with van der Waals surface area (Å²) in [6.45, 7) is 3.87. The summed E-state index contributed by atoms with van der Waals surface area (Å²) in [7, 11) is 0. The summed E-state index contributed by atoms with van der Waals surface area (Å²) in [5, 5.41) is 6.57. The van der Waals surface area contributed by atoms with Crippen molar-refractivity contribution in [2.75, 3.05) is 36.4 Å². The predicted octanol–water partition coefficient (Wildman–Crippen LogP) is 3.50. The van der Waals surface area contributed by atoms with Gasteiger partial charge in [-0.15, -0.1) is 0 Å². The number of piperazine rings is 1. The van der Waals surface area contributed by atoms with Gasteiger partial charge < -0.3 is 15.5 Å². The maximum atomic E-state index is 13.2. The first-order valence-corrected chi connectivity index (χ1v) is 10.9. The first kappa shape index (κ1) is 19.5. The standard InChI is InChI=1S/C26H26N4O/c31-26-24(17-19-7-3-1-4-8-19)28-25(20-9-5-2-6-10-20)22-12-11-21(18-23(22)29-26)30-15-13-27-14-16-30/h1-12,18,24,27H,13-17H2,(H,29,31)/t24-/m1/s1. The van der Waals surface area contributed by atoms with Crippen LogP contribution in [0.2, 0.25) is 0 Å². The van der Waals surface area contributed by atoms with E-state index < -0.39 is 6.04 Å². The van der Waals surface area contributed by atoms with Crippen molar-refractivity contribution in [2.45, 2.75) is 12.5 Å². The van der Waals surface area contributed by atoms with Crippen molar-refractivity contribution in [1.82, 2.24) is 5.32 Å². The topological polar surface area (TPSA) is 56.7 Å². The number of nitrogens with zero attached hydrogens (tertiary/aromatic N) is 2. The van der Waals surface area contributed by atoms with Gasteiger partial charge in [0.1, 0.15) is 6.04 Å². The highest BCUT2D eigenvalue weighted by molar-refractivity contribution is 6.20. The largest absolute Gasteiger partial charge is 0.369 e. The molecule has 0 spiro atoms. The second-order valence-electron chi connectivity index (χ2n) is 8.01. The normalized spacial score (nSPS) is 18.6. The van der Waals surface area contributed by atoms with Crippen molar-refractivity contribution in [3.63, 3.8) is 0 Å². The number of rotatable bonds is 4. The molecule has 0 aliphatic carbocycles. The van der Waals surface area contributed by atoms with E-state index in [0.29, 0.717) is 6.42 Å². The highest BCUT2D eigenvalue weighted by atomic mass is 16.2. The number of benzodiazepines with no additional fused rings is 1. The van der Waals surface area contributed by atoms with Gasteiger partial charge in [-0.3, -0.25) is 9.79 Å². The van der Waals surface area contributed by atoms with Crippen LogP contribution in [0, 0.1) is 0 Å². The van der Waals surface area contributed by atoms with E-state index in [1.807, 2.05) is 48.5 Å². The Hall–Kier alpha value is -3.44. The number of nitrogens with one attached hydrogen (secondary N) is 2. The number of hydrogen-bond donors (Lipinski definition) is 2. The van der Waals surface area contributed by atoms with Crippen molar-refractivity contribution in [3.8, 4) is 0 Å². The number of anilines is 2. The molecule has 0 saturated carbocycles. The first-order chi connectivity index (χ1) is 15.3. The number of benzene rings is 3. The van der Waals surface area contributed by atoms with E-state index >= 15 is 0 Å². The highest BCUT2D eigenvalue weighted by Gasteiger charge is 2.27. The fourth-order valence-corrected chi connectivity index (χ4v) is 4.26. The molecule has 1 atom stereocenters. The number of aliphatic imine (C=N–C) groups is 1. The second kappa shape index (κ2) is 8.74. The zero-order valence-electron chi connectivity index (χ0n) is 17.4. The molecule has 2 N–H and O–H groups in total. The molecule has 1 saturated heterocycles. The van der Waals surface area contributed by atoms with E-state index in [1.165, 1.54) is 0 Å². The van der Waals surface area contributed by atoms with Crippen LogP contribution >= 0.6 is 0 Å². The molecule has 2 aliphatic heterocycles. The van der Waals surface area contributed by atoms with Gasteiger partial charge in [0.25, 0.3) is 0 Å². The third-order valence-corrected chi connectivity index (χ3v) is 5.90. The number of hydrogen-bond acceptors (Lipinski definition) is 4. The van der Waals surface area contributed by atoms with Crippen LogP contribution in [-0.2, 0) is 11.2 Å². The minimum atomic E-state index is -0.479. The molecular formula is C26H26N4O. The molecule has 0 radical (unpaired) electrons. The molecule has 5 rings (SSSR count). The number of carbonyl (C=O) groups excluding carboxylic acids is 1. The molecule has 5 heteroatoms. The molecule has 0 aromatic heterocycles. The Labute approximate surface area is 182 Å². The molecule has 2 aliphatic rings. The summed E-state index contributed by atoms with van der Waals surface area (Å²) in [5.74, 6) is -0.0616. The van der Waals surface area contributed by atoms with Crippen LogP contribution < -0.4 is 15.5 Å². The zero-order valence-corrected chi connectivity index (χ0v) is 17.4. The summed E-state index contributed by atoms with van der Waals surface area (Å²) in [6, 6.07) is 26.1. The number of carbonyl (C=O) groups is 1. The van der Waals surface area contributed by atoms with Gasteiger partial charge in [-0.1, -0.05) is 60.7 Å². The van der Waals surface area contributed by atoms with Crippen LogP contribution in [0.3, 0.4) is 0 Å². The fraction of sp³-hybridized carbons (Fsp3) is 0.231. The molecule has 5 nitrogen and oxygen atoms in total. The molecule has 0 unspecified atom stereocenters. The molecule has 3 aromatic carbocycles. The Morgan fingerprint density at radius 3 is 2.35 bits per heavy atom. The summed E-state index contributed by atoms with van der Waals surface area (Å²) in [4.78, 5) is 20.5. The van der Waals surface area contributed by atoms with Crippen molar-refractivity contribution < 1.29 is 4.79 Å².